The Morgan fingerprint density at radius 3 is 2.06 bits per heavy atom. The van der Waals surface area contributed by atoms with Gasteiger partial charge in [0.1, 0.15) is 11.2 Å². The summed E-state index contributed by atoms with van der Waals surface area (Å²) >= 11 is 1.80. The molecule has 6 aromatic carbocycles. The van der Waals surface area contributed by atoms with Gasteiger partial charge in [0.2, 0.25) is 0 Å². The van der Waals surface area contributed by atoms with E-state index in [0.717, 1.165) is 50.6 Å². The first kappa shape index (κ1) is 29.7. The van der Waals surface area contributed by atoms with Gasteiger partial charge in [-0.05, 0) is 53.4 Å². The average Bonchev–Trinajstić information content (AvgIpc) is 3.76. The molecule has 1 aliphatic rings. The lowest BCUT2D eigenvalue weighted by Crippen LogP contribution is -2.20. The number of benzene rings is 6. The first-order valence-electron chi connectivity index (χ1n) is 17.2. The van der Waals surface area contributed by atoms with Crippen molar-refractivity contribution in [2.24, 2.45) is 0 Å². The number of hydrogen-bond acceptors (Lipinski definition) is 5. The van der Waals surface area contributed by atoms with Crippen molar-refractivity contribution in [2.75, 3.05) is 0 Å². The van der Waals surface area contributed by atoms with Crippen LogP contribution in [-0.2, 0) is 5.41 Å². The standard InChI is InChI=1S/C46H31N3OS/c1-46(34-13-9-12-31(26-34)32-18-20-36-35-14-5-7-16-39(35)50-40(36)27-32)24-22-30(23-25-46)44-47-43(29-10-3-2-4-11-29)48-45(49-44)33-19-21-38-37-15-6-8-17-41(37)51-42(38)28-33/h2-24,26-28H,25H2,1H3. The monoisotopic (exact) mass is 673 g/mol. The smallest absolute Gasteiger partial charge is 0.164 e. The molecule has 0 amide bonds. The van der Waals surface area contributed by atoms with E-state index in [1.165, 1.54) is 31.3 Å². The van der Waals surface area contributed by atoms with Gasteiger partial charge in [-0.1, -0.05) is 134 Å². The van der Waals surface area contributed by atoms with Gasteiger partial charge >= 0.3 is 0 Å². The minimum atomic E-state index is -0.187. The van der Waals surface area contributed by atoms with Gasteiger partial charge in [0.25, 0.3) is 0 Å². The lowest BCUT2D eigenvalue weighted by molar-refractivity contribution is 0.601. The summed E-state index contributed by atoms with van der Waals surface area (Å²) in [6.07, 6.45) is 7.58. The Kier molecular flexibility index (Phi) is 6.83. The molecule has 1 atom stereocenters. The van der Waals surface area contributed by atoms with Crippen molar-refractivity contribution in [2.45, 2.75) is 18.8 Å². The maximum Gasteiger partial charge on any atom is 0.164 e. The Morgan fingerprint density at radius 2 is 1.20 bits per heavy atom. The fourth-order valence-electron chi connectivity index (χ4n) is 7.29. The first-order valence-corrected chi connectivity index (χ1v) is 18.0. The zero-order chi connectivity index (χ0) is 33.9. The molecule has 9 aromatic rings. The highest BCUT2D eigenvalue weighted by atomic mass is 32.1. The second-order valence-corrected chi connectivity index (χ2v) is 14.6. The molecule has 0 bridgehead atoms. The number of furan rings is 1. The second-order valence-electron chi connectivity index (χ2n) is 13.5. The number of nitrogens with zero attached hydrogens (tertiary/aromatic N) is 3. The summed E-state index contributed by atoms with van der Waals surface area (Å²) in [6.45, 7) is 2.30. The van der Waals surface area contributed by atoms with Gasteiger partial charge in [0.05, 0.1) is 0 Å². The van der Waals surface area contributed by atoms with E-state index >= 15 is 0 Å². The molecule has 4 nitrogen and oxygen atoms in total. The number of fused-ring (bicyclic) bond motifs is 6. The molecular formula is C46H31N3OS. The fraction of sp³-hybridized carbons (Fsp3) is 0.0652. The van der Waals surface area contributed by atoms with Crippen LogP contribution in [0.15, 0.2) is 162 Å². The van der Waals surface area contributed by atoms with Crippen LogP contribution in [0.1, 0.15) is 24.7 Å². The van der Waals surface area contributed by atoms with Crippen molar-refractivity contribution in [1.29, 1.82) is 0 Å². The average molecular weight is 674 g/mol. The van der Waals surface area contributed by atoms with Gasteiger partial charge in [0, 0.05) is 53.1 Å². The minimum absolute atomic E-state index is 0.187. The Balaban J connectivity index is 0.993. The second kappa shape index (κ2) is 11.7. The first-order chi connectivity index (χ1) is 25.1. The highest BCUT2D eigenvalue weighted by Gasteiger charge is 2.27. The van der Waals surface area contributed by atoms with E-state index in [4.69, 9.17) is 19.4 Å². The SMILES string of the molecule is CC1(c2cccc(-c3ccc4c(c3)oc3ccccc34)c2)C=CC(c2nc(-c3ccccc3)nc(-c3ccc4c(c3)sc3ccccc34)n2)=CC1. The van der Waals surface area contributed by atoms with E-state index in [-0.39, 0.29) is 5.41 Å². The third-order valence-corrected chi connectivity index (χ3v) is 11.3. The topological polar surface area (TPSA) is 51.8 Å². The van der Waals surface area contributed by atoms with Gasteiger partial charge < -0.3 is 4.42 Å². The summed E-state index contributed by atoms with van der Waals surface area (Å²) in [4.78, 5) is 15.1. The Bertz CT molecular complexity index is 2860. The van der Waals surface area contributed by atoms with Crippen LogP contribution < -0.4 is 0 Å². The van der Waals surface area contributed by atoms with Crippen LogP contribution in [-0.4, -0.2) is 15.0 Å². The van der Waals surface area contributed by atoms with Crippen molar-refractivity contribution < 1.29 is 4.42 Å². The van der Waals surface area contributed by atoms with Crippen LogP contribution in [0.2, 0.25) is 0 Å². The Labute approximate surface area is 299 Å². The molecule has 0 aliphatic heterocycles. The molecule has 3 heterocycles. The van der Waals surface area contributed by atoms with E-state index in [9.17, 15) is 0 Å². The summed E-state index contributed by atoms with van der Waals surface area (Å²) in [6, 6.07) is 48.9. The number of thiophene rings is 1. The van der Waals surface area contributed by atoms with Crippen LogP contribution in [0, 0.1) is 0 Å². The minimum Gasteiger partial charge on any atom is -0.456 e. The molecule has 10 rings (SSSR count). The number of hydrogen-bond donors (Lipinski definition) is 0. The van der Waals surface area contributed by atoms with Gasteiger partial charge in [-0.15, -0.1) is 11.3 Å². The highest BCUT2D eigenvalue weighted by Crippen LogP contribution is 2.40. The maximum atomic E-state index is 6.20. The predicted molar refractivity (Wildman–Crippen MR) is 212 cm³/mol. The third-order valence-electron chi connectivity index (χ3n) is 10.2. The Morgan fingerprint density at radius 1 is 0.529 bits per heavy atom. The molecule has 0 fully saturated rings. The molecule has 51 heavy (non-hydrogen) atoms. The fourth-order valence-corrected chi connectivity index (χ4v) is 8.43. The van der Waals surface area contributed by atoms with Gasteiger partial charge in [0.15, 0.2) is 17.5 Å². The third kappa shape index (κ3) is 5.17. The molecule has 5 heteroatoms. The van der Waals surface area contributed by atoms with Crippen molar-refractivity contribution in [3.05, 3.63) is 169 Å². The van der Waals surface area contributed by atoms with Crippen LogP contribution in [0.5, 0.6) is 0 Å². The number of para-hydroxylation sites is 1. The summed E-state index contributed by atoms with van der Waals surface area (Å²) < 4.78 is 8.71. The summed E-state index contributed by atoms with van der Waals surface area (Å²) in [5.41, 5.74) is 8.16. The Hall–Kier alpha value is -6.17. The van der Waals surface area contributed by atoms with E-state index in [0.29, 0.717) is 17.5 Å². The number of rotatable bonds is 5. The maximum absolute atomic E-state index is 6.20. The van der Waals surface area contributed by atoms with Gasteiger partial charge in [-0.3, -0.25) is 0 Å². The van der Waals surface area contributed by atoms with Gasteiger partial charge in [-0.25, -0.2) is 15.0 Å². The normalized spacial score (nSPS) is 16.0. The van der Waals surface area contributed by atoms with E-state index < -0.39 is 0 Å². The predicted octanol–water partition coefficient (Wildman–Crippen LogP) is 12.4. The van der Waals surface area contributed by atoms with Crippen molar-refractivity contribution in [1.82, 2.24) is 15.0 Å². The van der Waals surface area contributed by atoms with Crippen molar-refractivity contribution >= 4 is 59.0 Å². The zero-order valence-electron chi connectivity index (χ0n) is 27.9. The summed E-state index contributed by atoms with van der Waals surface area (Å²) in [5.74, 6) is 2.03. The van der Waals surface area contributed by atoms with Gasteiger partial charge in [-0.2, -0.15) is 0 Å². The number of allylic oxidation sites excluding steroid dienone is 4. The lowest BCUT2D eigenvalue weighted by Gasteiger charge is -2.29. The molecule has 0 saturated heterocycles. The largest absolute Gasteiger partial charge is 0.456 e. The summed E-state index contributed by atoms with van der Waals surface area (Å²) in [5, 5.41) is 4.83. The molecule has 3 aromatic heterocycles. The van der Waals surface area contributed by atoms with Crippen LogP contribution >= 0.6 is 11.3 Å². The highest BCUT2D eigenvalue weighted by molar-refractivity contribution is 7.25. The van der Waals surface area contributed by atoms with E-state index in [1.54, 1.807) is 11.3 Å². The quantitative estimate of drug-likeness (QED) is 0.182. The lowest BCUT2D eigenvalue weighted by atomic mass is 9.75. The molecule has 1 aliphatic carbocycles. The van der Waals surface area contributed by atoms with Crippen LogP contribution in [0.25, 0.3) is 81.6 Å². The zero-order valence-corrected chi connectivity index (χ0v) is 28.7. The molecule has 0 spiro atoms. The van der Waals surface area contributed by atoms with E-state index in [2.05, 4.69) is 134 Å². The molecule has 0 radical (unpaired) electrons. The molecular weight excluding hydrogens is 643 g/mol. The van der Waals surface area contributed by atoms with Crippen molar-refractivity contribution in [3.63, 3.8) is 0 Å². The van der Waals surface area contributed by atoms with Crippen molar-refractivity contribution in [3.8, 4) is 33.9 Å². The van der Waals surface area contributed by atoms with Crippen LogP contribution in [0.3, 0.4) is 0 Å². The molecule has 0 N–H and O–H groups in total. The molecule has 1 unspecified atom stereocenters. The van der Waals surface area contributed by atoms with Crippen LogP contribution in [0.4, 0.5) is 0 Å². The number of aromatic nitrogens is 3. The molecule has 0 saturated carbocycles. The molecule has 242 valence electrons. The summed E-state index contributed by atoms with van der Waals surface area (Å²) in [7, 11) is 0. The van der Waals surface area contributed by atoms with E-state index in [1.807, 2.05) is 30.3 Å².